The summed E-state index contributed by atoms with van der Waals surface area (Å²) in [6.07, 6.45) is 0. The molecule has 20 heavy (non-hydrogen) atoms. The van der Waals surface area contributed by atoms with Gasteiger partial charge in [0.1, 0.15) is 0 Å². The molecule has 1 aromatic carbocycles. The van der Waals surface area contributed by atoms with Crippen LogP contribution in [0.25, 0.3) is 0 Å². The van der Waals surface area contributed by atoms with Crippen LogP contribution in [0.15, 0.2) is 24.3 Å². The van der Waals surface area contributed by atoms with Gasteiger partial charge in [-0.1, -0.05) is 0 Å². The molecule has 0 aliphatic heterocycles. The summed E-state index contributed by atoms with van der Waals surface area (Å²) in [6.45, 7) is 3.83. The van der Waals surface area contributed by atoms with E-state index in [0.717, 1.165) is 0 Å². The van der Waals surface area contributed by atoms with Crippen molar-refractivity contribution in [1.29, 1.82) is 0 Å². The van der Waals surface area contributed by atoms with Crippen LogP contribution in [0.5, 0.6) is 0 Å². The Balaban J connectivity index is 2.69. The zero-order chi connectivity index (χ0) is 15.2. The molecule has 0 bridgehead atoms. The van der Waals surface area contributed by atoms with Gasteiger partial charge in [-0.05, 0) is 38.1 Å². The lowest BCUT2D eigenvalue weighted by molar-refractivity contribution is 0.0905. The van der Waals surface area contributed by atoms with Crippen molar-refractivity contribution in [2.75, 3.05) is 24.2 Å². The maximum absolute atomic E-state index is 11.9. The Hall–Kier alpha value is -1.60. The van der Waals surface area contributed by atoms with E-state index in [1.54, 1.807) is 38.3 Å². The summed E-state index contributed by atoms with van der Waals surface area (Å²) >= 11 is 0. The summed E-state index contributed by atoms with van der Waals surface area (Å²) in [5.74, 6) is -0.219. The predicted octanol–water partition coefficient (Wildman–Crippen LogP) is 1.21. The molecule has 0 radical (unpaired) electrons. The van der Waals surface area contributed by atoms with Gasteiger partial charge < -0.3 is 10.1 Å². The predicted molar refractivity (Wildman–Crippen MR) is 78.3 cm³/mol. The number of rotatable bonds is 7. The van der Waals surface area contributed by atoms with Gasteiger partial charge >= 0.3 is 0 Å². The smallest absolute Gasteiger partial charge is 0.251 e. The average Bonchev–Trinajstić information content (AvgIpc) is 2.39. The van der Waals surface area contributed by atoms with Gasteiger partial charge in [0.25, 0.3) is 5.91 Å². The van der Waals surface area contributed by atoms with Crippen molar-refractivity contribution < 1.29 is 17.9 Å². The normalized spacial score (nSPS) is 12.8. The van der Waals surface area contributed by atoms with Crippen molar-refractivity contribution in [3.63, 3.8) is 0 Å². The Bertz CT molecular complexity index is 540. The molecule has 2 N–H and O–H groups in total. The standard InChI is InChI=1S/C13H20N2O4S/c1-4-20(17,18)15-12-7-5-11(6-8-12)13(16)14-10(2)9-19-3/h5-8,10,15H,4,9H2,1-3H3,(H,14,16). The molecule has 0 aliphatic rings. The van der Waals surface area contributed by atoms with Gasteiger partial charge in [0.15, 0.2) is 0 Å². The van der Waals surface area contributed by atoms with Crippen LogP contribution < -0.4 is 10.0 Å². The van der Waals surface area contributed by atoms with E-state index in [1.807, 2.05) is 6.92 Å². The SMILES string of the molecule is CCS(=O)(=O)Nc1ccc(C(=O)NC(C)COC)cc1. The maximum atomic E-state index is 11.9. The van der Waals surface area contributed by atoms with Crippen molar-refractivity contribution in [1.82, 2.24) is 5.32 Å². The van der Waals surface area contributed by atoms with E-state index in [1.165, 1.54) is 0 Å². The summed E-state index contributed by atoms with van der Waals surface area (Å²) in [6, 6.07) is 6.17. The number of hydrogen-bond acceptors (Lipinski definition) is 4. The highest BCUT2D eigenvalue weighted by Gasteiger charge is 2.11. The van der Waals surface area contributed by atoms with Gasteiger partial charge in [0.05, 0.1) is 12.4 Å². The van der Waals surface area contributed by atoms with Gasteiger partial charge in [-0.2, -0.15) is 0 Å². The summed E-state index contributed by atoms with van der Waals surface area (Å²) in [5, 5.41) is 2.77. The Morgan fingerprint density at radius 2 is 1.90 bits per heavy atom. The van der Waals surface area contributed by atoms with Crippen molar-refractivity contribution >= 4 is 21.6 Å². The molecule has 1 aromatic rings. The fourth-order valence-electron chi connectivity index (χ4n) is 1.54. The van der Waals surface area contributed by atoms with Crippen LogP contribution in [0.1, 0.15) is 24.2 Å². The van der Waals surface area contributed by atoms with Crippen LogP contribution in [-0.4, -0.2) is 39.8 Å². The highest BCUT2D eigenvalue weighted by Crippen LogP contribution is 2.11. The van der Waals surface area contributed by atoms with Gasteiger partial charge in [-0.15, -0.1) is 0 Å². The van der Waals surface area contributed by atoms with Crippen molar-refractivity contribution in [3.05, 3.63) is 29.8 Å². The molecule has 0 fully saturated rings. The Morgan fingerprint density at radius 1 is 1.30 bits per heavy atom. The van der Waals surface area contributed by atoms with Crippen LogP contribution in [0.2, 0.25) is 0 Å². The number of amides is 1. The second-order valence-electron chi connectivity index (χ2n) is 4.41. The van der Waals surface area contributed by atoms with Crippen LogP contribution in [0.3, 0.4) is 0 Å². The first-order valence-electron chi connectivity index (χ1n) is 6.28. The number of hydrogen-bond donors (Lipinski definition) is 2. The molecule has 1 unspecified atom stereocenters. The molecule has 0 aromatic heterocycles. The summed E-state index contributed by atoms with van der Waals surface area (Å²) in [5.41, 5.74) is 0.903. The van der Waals surface area contributed by atoms with Gasteiger partial charge in [-0.25, -0.2) is 8.42 Å². The second-order valence-corrected chi connectivity index (χ2v) is 6.42. The lowest BCUT2D eigenvalue weighted by atomic mass is 10.2. The highest BCUT2D eigenvalue weighted by molar-refractivity contribution is 7.92. The molecule has 7 heteroatoms. The first kappa shape index (κ1) is 16.5. The highest BCUT2D eigenvalue weighted by atomic mass is 32.2. The van der Waals surface area contributed by atoms with E-state index in [2.05, 4.69) is 10.0 Å². The summed E-state index contributed by atoms with van der Waals surface area (Å²) in [7, 11) is -1.73. The zero-order valence-electron chi connectivity index (χ0n) is 11.8. The topological polar surface area (TPSA) is 84.5 Å². The van der Waals surface area contributed by atoms with Gasteiger partial charge in [0, 0.05) is 24.4 Å². The first-order valence-corrected chi connectivity index (χ1v) is 7.93. The Kier molecular flexibility index (Phi) is 5.97. The molecule has 6 nitrogen and oxygen atoms in total. The van der Waals surface area contributed by atoms with E-state index in [-0.39, 0.29) is 17.7 Å². The number of anilines is 1. The monoisotopic (exact) mass is 300 g/mol. The molecule has 0 saturated heterocycles. The molecule has 0 aliphatic carbocycles. The maximum Gasteiger partial charge on any atom is 0.251 e. The van der Waals surface area contributed by atoms with Crippen molar-refractivity contribution in [3.8, 4) is 0 Å². The minimum atomic E-state index is -3.30. The molecule has 1 amide bonds. The Labute approximate surface area is 119 Å². The zero-order valence-corrected chi connectivity index (χ0v) is 12.7. The van der Waals surface area contributed by atoms with E-state index < -0.39 is 10.0 Å². The molecular weight excluding hydrogens is 280 g/mol. The molecule has 0 spiro atoms. The number of benzene rings is 1. The molecule has 0 heterocycles. The minimum absolute atomic E-state index is 0.00374. The third kappa shape index (κ3) is 5.18. The largest absolute Gasteiger partial charge is 0.383 e. The van der Waals surface area contributed by atoms with Gasteiger partial charge in [-0.3, -0.25) is 9.52 Å². The van der Waals surface area contributed by atoms with E-state index >= 15 is 0 Å². The van der Waals surface area contributed by atoms with Crippen LogP contribution >= 0.6 is 0 Å². The third-order valence-electron chi connectivity index (χ3n) is 2.59. The van der Waals surface area contributed by atoms with E-state index in [9.17, 15) is 13.2 Å². The number of carbonyl (C=O) groups excluding carboxylic acids is 1. The Morgan fingerprint density at radius 3 is 2.40 bits per heavy atom. The third-order valence-corrected chi connectivity index (χ3v) is 3.90. The quantitative estimate of drug-likeness (QED) is 0.793. The number of methoxy groups -OCH3 is 1. The molecule has 1 atom stereocenters. The van der Waals surface area contributed by atoms with E-state index in [0.29, 0.717) is 17.9 Å². The number of ether oxygens (including phenoxy) is 1. The number of carbonyl (C=O) groups is 1. The number of nitrogens with one attached hydrogen (secondary N) is 2. The fourth-order valence-corrected chi connectivity index (χ4v) is 2.18. The first-order chi connectivity index (χ1) is 9.38. The van der Waals surface area contributed by atoms with Crippen LogP contribution in [0, 0.1) is 0 Å². The van der Waals surface area contributed by atoms with Gasteiger partial charge in [0.2, 0.25) is 10.0 Å². The van der Waals surface area contributed by atoms with Crippen LogP contribution in [0.4, 0.5) is 5.69 Å². The molecule has 0 saturated carbocycles. The van der Waals surface area contributed by atoms with Crippen molar-refractivity contribution in [2.45, 2.75) is 19.9 Å². The fraction of sp³-hybridized carbons (Fsp3) is 0.462. The minimum Gasteiger partial charge on any atom is -0.383 e. The summed E-state index contributed by atoms with van der Waals surface area (Å²) < 4.78 is 30.2. The lowest BCUT2D eigenvalue weighted by Crippen LogP contribution is -2.35. The van der Waals surface area contributed by atoms with E-state index in [4.69, 9.17) is 4.74 Å². The summed E-state index contributed by atoms with van der Waals surface area (Å²) in [4.78, 5) is 11.9. The van der Waals surface area contributed by atoms with Crippen LogP contribution in [-0.2, 0) is 14.8 Å². The molecular formula is C13H20N2O4S. The number of sulfonamides is 1. The second kappa shape index (κ2) is 7.25. The van der Waals surface area contributed by atoms with Crippen molar-refractivity contribution in [2.24, 2.45) is 0 Å². The average molecular weight is 300 g/mol. The molecule has 112 valence electrons. The lowest BCUT2D eigenvalue weighted by Gasteiger charge is -2.13. The molecule has 1 rings (SSSR count).